The first kappa shape index (κ1) is 13.9. The number of allylic oxidation sites excluding steroid dienone is 2. The summed E-state index contributed by atoms with van der Waals surface area (Å²) < 4.78 is 5.61. The topological polar surface area (TPSA) is 46.6 Å². The van der Waals surface area contributed by atoms with Crippen LogP contribution in [0.25, 0.3) is 0 Å². The molecule has 2 unspecified atom stereocenters. The monoisotopic (exact) mass is 285 g/mol. The number of amides is 2. The lowest BCUT2D eigenvalue weighted by Gasteiger charge is -2.15. The molecule has 0 bridgehead atoms. The number of carbonyl (C=O) groups excluding carboxylic acids is 2. The number of hydrogen-bond acceptors (Lipinski definition) is 3. The number of rotatable bonds is 4. The highest BCUT2D eigenvalue weighted by Crippen LogP contribution is 2.34. The summed E-state index contributed by atoms with van der Waals surface area (Å²) >= 11 is 0. The number of imide groups is 1. The SMILES string of the molecule is Cc1ccc(OCCN2C(=O)C3CC=CCC3C2=O)cc1. The molecule has 1 saturated heterocycles. The molecule has 1 heterocycles. The van der Waals surface area contributed by atoms with Crippen molar-refractivity contribution in [1.29, 1.82) is 0 Å². The predicted octanol–water partition coefficient (Wildman–Crippen LogP) is 2.33. The fraction of sp³-hybridized carbons (Fsp3) is 0.412. The molecular weight excluding hydrogens is 266 g/mol. The molecule has 2 aliphatic rings. The van der Waals surface area contributed by atoms with E-state index in [4.69, 9.17) is 4.74 Å². The molecule has 2 atom stereocenters. The zero-order chi connectivity index (χ0) is 14.8. The van der Waals surface area contributed by atoms with Gasteiger partial charge in [0.25, 0.3) is 0 Å². The third-order valence-electron chi connectivity index (χ3n) is 4.20. The average molecular weight is 285 g/mol. The molecule has 2 amide bonds. The summed E-state index contributed by atoms with van der Waals surface area (Å²) in [6.45, 7) is 2.69. The van der Waals surface area contributed by atoms with Crippen LogP contribution < -0.4 is 4.74 Å². The highest BCUT2D eigenvalue weighted by Gasteiger charge is 2.46. The summed E-state index contributed by atoms with van der Waals surface area (Å²) in [5, 5.41) is 0. The van der Waals surface area contributed by atoms with Gasteiger partial charge in [0.15, 0.2) is 0 Å². The lowest BCUT2D eigenvalue weighted by Crippen LogP contribution is -2.34. The maximum absolute atomic E-state index is 12.3. The van der Waals surface area contributed by atoms with E-state index in [1.54, 1.807) is 0 Å². The quantitative estimate of drug-likeness (QED) is 0.630. The second-order valence-electron chi connectivity index (χ2n) is 5.65. The van der Waals surface area contributed by atoms with Crippen LogP contribution in [0.3, 0.4) is 0 Å². The van der Waals surface area contributed by atoms with Gasteiger partial charge in [0.05, 0.1) is 18.4 Å². The van der Waals surface area contributed by atoms with Crippen LogP contribution in [0.15, 0.2) is 36.4 Å². The van der Waals surface area contributed by atoms with E-state index in [1.807, 2.05) is 43.3 Å². The molecular formula is C17H19NO3. The number of nitrogens with zero attached hydrogens (tertiary/aromatic N) is 1. The summed E-state index contributed by atoms with van der Waals surface area (Å²) in [7, 11) is 0. The highest BCUT2D eigenvalue weighted by molar-refractivity contribution is 6.05. The van der Waals surface area contributed by atoms with Crippen molar-refractivity contribution in [1.82, 2.24) is 4.90 Å². The molecule has 0 N–H and O–H groups in total. The Hall–Kier alpha value is -2.10. The molecule has 1 aromatic rings. The second-order valence-corrected chi connectivity index (χ2v) is 5.65. The normalized spacial score (nSPS) is 24.3. The number of carbonyl (C=O) groups is 2. The Kier molecular flexibility index (Phi) is 3.78. The van der Waals surface area contributed by atoms with Gasteiger partial charge >= 0.3 is 0 Å². The van der Waals surface area contributed by atoms with Crippen LogP contribution >= 0.6 is 0 Å². The number of ether oxygens (including phenoxy) is 1. The first-order valence-electron chi connectivity index (χ1n) is 7.36. The van der Waals surface area contributed by atoms with Crippen LogP contribution in [-0.4, -0.2) is 29.9 Å². The summed E-state index contributed by atoms with van der Waals surface area (Å²) in [6.07, 6.45) is 5.37. The van der Waals surface area contributed by atoms with Gasteiger partial charge in [0, 0.05) is 0 Å². The summed E-state index contributed by atoms with van der Waals surface area (Å²) in [4.78, 5) is 25.9. The molecule has 3 rings (SSSR count). The van der Waals surface area contributed by atoms with Gasteiger partial charge in [-0.05, 0) is 31.9 Å². The molecule has 0 spiro atoms. The van der Waals surface area contributed by atoms with Gasteiger partial charge in [-0.2, -0.15) is 0 Å². The third-order valence-corrected chi connectivity index (χ3v) is 4.20. The lowest BCUT2D eigenvalue weighted by molar-refractivity contribution is -0.140. The minimum atomic E-state index is -0.151. The van der Waals surface area contributed by atoms with Crippen LogP contribution in [0, 0.1) is 18.8 Å². The third kappa shape index (κ3) is 2.71. The smallest absolute Gasteiger partial charge is 0.233 e. The van der Waals surface area contributed by atoms with E-state index in [0.29, 0.717) is 26.0 Å². The zero-order valence-corrected chi connectivity index (χ0v) is 12.1. The molecule has 0 aromatic heterocycles. The van der Waals surface area contributed by atoms with E-state index >= 15 is 0 Å². The molecule has 21 heavy (non-hydrogen) atoms. The minimum absolute atomic E-state index is 0.0399. The largest absolute Gasteiger partial charge is 0.492 e. The standard InChI is InChI=1S/C17H19NO3/c1-12-6-8-13(9-7-12)21-11-10-18-16(19)14-4-2-3-5-15(14)17(18)20/h2-3,6-9,14-15H,4-5,10-11H2,1H3. The van der Waals surface area contributed by atoms with Crippen LogP contribution in [0.4, 0.5) is 0 Å². The molecule has 1 aliphatic heterocycles. The fourth-order valence-corrected chi connectivity index (χ4v) is 2.98. The van der Waals surface area contributed by atoms with E-state index < -0.39 is 0 Å². The number of fused-ring (bicyclic) bond motifs is 1. The number of hydrogen-bond donors (Lipinski definition) is 0. The van der Waals surface area contributed by atoms with E-state index in [0.717, 1.165) is 5.75 Å². The van der Waals surface area contributed by atoms with Crippen LogP contribution in [0.5, 0.6) is 5.75 Å². The Labute approximate surface area is 124 Å². The number of likely N-dealkylation sites (tertiary alicyclic amines) is 1. The molecule has 110 valence electrons. The molecule has 4 heteroatoms. The Morgan fingerprint density at radius 2 is 1.62 bits per heavy atom. The van der Waals surface area contributed by atoms with E-state index in [1.165, 1.54) is 10.5 Å². The minimum Gasteiger partial charge on any atom is -0.492 e. The molecule has 0 saturated carbocycles. The van der Waals surface area contributed by atoms with E-state index in [-0.39, 0.29) is 23.7 Å². The maximum atomic E-state index is 12.3. The van der Waals surface area contributed by atoms with Gasteiger partial charge in [-0.1, -0.05) is 29.8 Å². The van der Waals surface area contributed by atoms with Crippen molar-refractivity contribution in [2.24, 2.45) is 11.8 Å². The Morgan fingerprint density at radius 1 is 1.05 bits per heavy atom. The van der Waals surface area contributed by atoms with Crippen molar-refractivity contribution < 1.29 is 14.3 Å². The molecule has 0 radical (unpaired) electrons. The van der Waals surface area contributed by atoms with Crippen LogP contribution in [-0.2, 0) is 9.59 Å². The van der Waals surface area contributed by atoms with Crippen molar-refractivity contribution in [3.63, 3.8) is 0 Å². The van der Waals surface area contributed by atoms with E-state index in [2.05, 4.69) is 0 Å². The summed E-state index contributed by atoms with van der Waals surface area (Å²) in [5.41, 5.74) is 1.17. The average Bonchev–Trinajstić information content (AvgIpc) is 2.75. The van der Waals surface area contributed by atoms with Gasteiger partial charge in [-0.3, -0.25) is 14.5 Å². The van der Waals surface area contributed by atoms with Crippen molar-refractivity contribution in [3.05, 3.63) is 42.0 Å². The van der Waals surface area contributed by atoms with Crippen LogP contribution in [0.1, 0.15) is 18.4 Å². The Bertz CT molecular complexity index is 550. The Balaban J connectivity index is 1.57. The van der Waals surface area contributed by atoms with Crippen molar-refractivity contribution in [2.45, 2.75) is 19.8 Å². The van der Waals surface area contributed by atoms with Gasteiger partial charge in [-0.25, -0.2) is 0 Å². The molecule has 1 aromatic carbocycles. The van der Waals surface area contributed by atoms with Gasteiger partial charge in [0.1, 0.15) is 12.4 Å². The fourth-order valence-electron chi connectivity index (χ4n) is 2.98. The number of aryl methyl sites for hydroxylation is 1. The summed E-state index contributed by atoms with van der Waals surface area (Å²) in [5.74, 6) is 0.381. The maximum Gasteiger partial charge on any atom is 0.233 e. The zero-order valence-electron chi connectivity index (χ0n) is 12.1. The first-order valence-corrected chi connectivity index (χ1v) is 7.36. The molecule has 1 fully saturated rings. The van der Waals surface area contributed by atoms with Crippen molar-refractivity contribution in [3.8, 4) is 5.75 Å². The van der Waals surface area contributed by atoms with Gasteiger partial charge in [0.2, 0.25) is 11.8 Å². The highest BCUT2D eigenvalue weighted by atomic mass is 16.5. The molecule has 4 nitrogen and oxygen atoms in total. The van der Waals surface area contributed by atoms with Gasteiger partial charge < -0.3 is 4.74 Å². The van der Waals surface area contributed by atoms with Crippen LogP contribution in [0.2, 0.25) is 0 Å². The summed E-state index contributed by atoms with van der Waals surface area (Å²) in [6, 6.07) is 7.74. The Morgan fingerprint density at radius 3 is 2.19 bits per heavy atom. The van der Waals surface area contributed by atoms with Crippen molar-refractivity contribution >= 4 is 11.8 Å². The lowest BCUT2D eigenvalue weighted by atomic mass is 9.85. The van der Waals surface area contributed by atoms with Gasteiger partial charge in [-0.15, -0.1) is 0 Å². The number of benzene rings is 1. The first-order chi connectivity index (χ1) is 10.2. The van der Waals surface area contributed by atoms with E-state index in [9.17, 15) is 9.59 Å². The predicted molar refractivity (Wildman–Crippen MR) is 78.7 cm³/mol. The second kappa shape index (κ2) is 5.72. The van der Waals surface area contributed by atoms with Crippen molar-refractivity contribution in [2.75, 3.05) is 13.2 Å². The molecule has 1 aliphatic carbocycles.